The first kappa shape index (κ1) is 17.5. The normalized spacial score (nSPS) is 19.5. The molecular formula is C18H22O4S. The van der Waals surface area contributed by atoms with Crippen molar-refractivity contribution in [3.8, 4) is 0 Å². The third-order valence-corrected chi connectivity index (χ3v) is 5.83. The molecule has 1 aromatic rings. The highest BCUT2D eigenvalue weighted by Gasteiger charge is 2.44. The van der Waals surface area contributed by atoms with Gasteiger partial charge >= 0.3 is 5.97 Å². The van der Waals surface area contributed by atoms with Gasteiger partial charge in [0.25, 0.3) is 0 Å². The predicted molar refractivity (Wildman–Crippen MR) is 88.5 cm³/mol. The van der Waals surface area contributed by atoms with Gasteiger partial charge in [0.15, 0.2) is 0 Å². The Morgan fingerprint density at radius 1 is 1.35 bits per heavy atom. The molecule has 0 heterocycles. The second-order valence-electron chi connectivity index (χ2n) is 6.52. The molecule has 0 bridgehead atoms. The molecule has 1 aliphatic rings. The fourth-order valence-electron chi connectivity index (χ4n) is 2.55. The second-order valence-corrected chi connectivity index (χ2v) is 8.32. The lowest BCUT2D eigenvalue weighted by Crippen LogP contribution is -2.40. The van der Waals surface area contributed by atoms with Gasteiger partial charge in [0.1, 0.15) is 0 Å². The summed E-state index contributed by atoms with van der Waals surface area (Å²) in [5, 5.41) is 1.15. The third-order valence-electron chi connectivity index (χ3n) is 4.47. The molecule has 2 rings (SSSR count). The van der Waals surface area contributed by atoms with E-state index in [1.165, 1.54) is 6.92 Å². The average Bonchev–Trinajstić information content (AvgIpc) is 2.45. The van der Waals surface area contributed by atoms with Crippen molar-refractivity contribution in [1.82, 2.24) is 0 Å². The minimum absolute atomic E-state index is 0.198. The summed E-state index contributed by atoms with van der Waals surface area (Å²) in [6.45, 7) is 7.68. The molecule has 4 nitrogen and oxygen atoms in total. The molecule has 23 heavy (non-hydrogen) atoms. The molecular weight excluding hydrogens is 312 g/mol. The number of esters is 1. The van der Waals surface area contributed by atoms with Crippen LogP contribution >= 0.6 is 0 Å². The summed E-state index contributed by atoms with van der Waals surface area (Å²) in [5.74, 6) is -0.0971. The lowest BCUT2D eigenvalue weighted by atomic mass is 9.59. The molecule has 0 aliphatic heterocycles. The van der Waals surface area contributed by atoms with E-state index < -0.39 is 9.84 Å². The monoisotopic (exact) mass is 334 g/mol. The van der Waals surface area contributed by atoms with Crippen molar-refractivity contribution in [2.75, 3.05) is 6.61 Å². The van der Waals surface area contributed by atoms with Gasteiger partial charge in [-0.15, -0.1) is 5.73 Å². The molecule has 124 valence electrons. The highest BCUT2D eigenvalue weighted by atomic mass is 32.2. The molecule has 0 saturated heterocycles. The maximum Gasteiger partial charge on any atom is 0.302 e. The number of hydrogen-bond acceptors (Lipinski definition) is 4. The molecule has 0 N–H and O–H groups in total. The molecule has 0 spiro atoms. The van der Waals surface area contributed by atoms with Gasteiger partial charge in [0, 0.05) is 12.8 Å². The van der Waals surface area contributed by atoms with Crippen LogP contribution < -0.4 is 0 Å². The Hall–Kier alpha value is -1.84. The van der Waals surface area contributed by atoms with Crippen LogP contribution in [-0.4, -0.2) is 21.0 Å². The molecule has 0 radical (unpaired) electrons. The van der Waals surface area contributed by atoms with E-state index in [4.69, 9.17) is 4.74 Å². The second kappa shape index (κ2) is 6.34. The zero-order valence-electron chi connectivity index (χ0n) is 13.9. The van der Waals surface area contributed by atoms with Crippen molar-refractivity contribution in [3.05, 3.63) is 46.5 Å². The van der Waals surface area contributed by atoms with E-state index in [1.54, 1.807) is 24.3 Å². The third kappa shape index (κ3) is 3.92. The lowest BCUT2D eigenvalue weighted by Gasteiger charge is -2.45. The van der Waals surface area contributed by atoms with Crippen LogP contribution in [0.5, 0.6) is 0 Å². The molecule has 1 aromatic carbocycles. The highest BCUT2D eigenvalue weighted by molar-refractivity contribution is 7.94. The van der Waals surface area contributed by atoms with Crippen molar-refractivity contribution >= 4 is 15.8 Å². The minimum atomic E-state index is -3.48. The van der Waals surface area contributed by atoms with E-state index >= 15 is 0 Å². The number of carbonyl (C=O) groups is 1. The maximum absolute atomic E-state index is 12.3. The number of aryl methyl sites for hydroxylation is 1. The Bertz CT molecular complexity index is 764. The lowest BCUT2D eigenvalue weighted by molar-refractivity contribution is -0.144. The van der Waals surface area contributed by atoms with Crippen molar-refractivity contribution < 1.29 is 17.9 Å². The van der Waals surface area contributed by atoms with Gasteiger partial charge in [-0.2, -0.15) is 0 Å². The number of rotatable bonds is 4. The zero-order valence-corrected chi connectivity index (χ0v) is 14.7. The van der Waals surface area contributed by atoms with Crippen molar-refractivity contribution in [2.24, 2.45) is 11.3 Å². The smallest absolute Gasteiger partial charge is 0.302 e. The fourth-order valence-corrected chi connectivity index (χ4v) is 3.50. The summed E-state index contributed by atoms with van der Waals surface area (Å²) in [6, 6.07) is 6.75. The van der Waals surface area contributed by atoms with Crippen LogP contribution in [0.1, 0.15) is 32.8 Å². The molecule has 1 unspecified atom stereocenters. The Labute approximate surface area is 137 Å². The van der Waals surface area contributed by atoms with E-state index in [2.05, 4.69) is 5.73 Å². The number of carbonyl (C=O) groups excluding carboxylic acids is 1. The van der Waals surface area contributed by atoms with Crippen molar-refractivity contribution in [3.63, 3.8) is 0 Å². The van der Waals surface area contributed by atoms with E-state index in [9.17, 15) is 13.2 Å². The first-order valence-corrected chi connectivity index (χ1v) is 9.09. The Morgan fingerprint density at radius 2 is 1.96 bits per heavy atom. The number of benzene rings is 1. The highest BCUT2D eigenvalue weighted by Crippen LogP contribution is 2.50. The van der Waals surface area contributed by atoms with E-state index in [-0.39, 0.29) is 22.2 Å². The number of ether oxygens (including phenoxy) is 1. The number of hydrogen-bond donors (Lipinski definition) is 0. The average molecular weight is 334 g/mol. The molecule has 1 atom stereocenters. The summed E-state index contributed by atoms with van der Waals surface area (Å²) in [4.78, 5) is 11.2. The van der Waals surface area contributed by atoms with Crippen LogP contribution in [0.15, 0.2) is 45.9 Å². The quantitative estimate of drug-likeness (QED) is 0.625. The summed E-state index contributed by atoms with van der Waals surface area (Å²) in [6.07, 6.45) is 0.695. The zero-order chi connectivity index (χ0) is 17.3. The SMILES string of the molecule is CC(=O)OCC1CC(=C=CS(=O)(=O)c2ccc(C)cc2)C1(C)C. The first-order valence-electron chi connectivity index (χ1n) is 7.54. The molecule has 1 saturated carbocycles. The summed E-state index contributed by atoms with van der Waals surface area (Å²) in [5.41, 5.74) is 4.68. The first-order chi connectivity index (χ1) is 10.6. The van der Waals surface area contributed by atoms with Gasteiger partial charge in [-0.25, -0.2) is 8.42 Å². The Balaban J connectivity index is 2.17. The van der Waals surface area contributed by atoms with Crippen LogP contribution in [0.2, 0.25) is 0 Å². The van der Waals surface area contributed by atoms with Gasteiger partial charge in [-0.1, -0.05) is 31.5 Å². The van der Waals surface area contributed by atoms with Crippen LogP contribution in [0.3, 0.4) is 0 Å². The van der Waals surface area contributed by atoms with Crippen LogP contribution in [0.25, 0.3) is 0 Å². The molecule has 1 fully saturated rings. The molecule has 0 amide bonds. The number of allylic oxidation sites excluding steroid dienone is 1. The fraction of sp³-hybridized carbons (Fsp3) is 0.444. The predicted octanol–water partition coefficient (Wildman–Crippen LogP) is 3.42. The van der Waals surface area contributed by atoms with Crippen molar-refractivity contribution in [2.45, 2.75) is 39.0 Å². The maximum atomic E-state index is 12.3. The van der Waals surface area contributed by atoms with E-state index in [0.29, 0.717) is 13.0 Å². The summed E-state index contributed by atoms with van der Waals surface area (Å²) < 4.78 is 29.6. The van der Waals surface area contributed by atoms with Crippen molar-refractivity contribution in [1.29, 1.82) is 0 Å². The Morgan fingerprint density at radius 3 is 2.48 bits per heavy atom. The van der Waals surface area contributed by atoms with Crippen LogP contribution in [0, 0.1) is 18.3 Å². The molecule has 5 heteroatoms. The minimum Gasteiger partial charge on any atom is -0.466 e. The topological polar surface area (TPSA) is 60.4 Å². The van der Waals surface area contributed by atoms with Crippen LogP contribution in [-0.2, 0) is 19.4 Å². The Kier molecular flexibility index (Phi) is 4.83. The molecule has 0 aromatic heterocycles. The standard InChI is InChI=1S/C18H22O4S/c1-13-5-7-17(8-6-13)23(20,21)10-9-15-11-16(18(15,3)4)12-22-14(2)19/h5-8,10,16H,11-12H2,1-4H3. The van der Waals surface area contributed by atoms with Gasteiger partial charge in [-0.05, 0) is 36.5 Å². The summed E-state index contributed by atoms with van der Waals surface area (Å²) >= 11 is 0. The van der Waals surface area contributed by atoms with Crippen LogP contribution in [0.4, 0.5) is 0 Å². The largest absolute Gasteiger partial charge is 0.466 e. The van der Waals surface area contributed by atoms with Gasteiger partial charge in [0.2, 0.25) is 9.84 Å². The van der Waals surface area contributed by atoms with Gasteiger partial charge < -0.3 is 4.74 Å². The molecule has 1 aliphatic carbocycles. The number of sulfone groups is 1. The van der Waals surface area contributed by atoms with E-state index in [1.807, 2.05) is 20.8 Å². The summed E-state index contributed by atoms with van der Waals surface area (Å²) in [7, 11) is -3.48. The van der Waals surface area contributed by atoms with Gasteiger partial charge in [-0.3, -0.25) is 4.79 Å². The van der Waals surface area contributed by atoms with Gasteiger partial charge in [0.05, 0.1) is 16.9 Å². The van der Waals surface area contributed by atoms with E-state index in [0.717, 1.165) is 16.5 Å².